The van der Waals surface area contributed by atoms with Gasteiger partial charge in [-0.05, 0) is 30.9 Å². The summed E-state index contributed by atoms with van der Waals surface area (Å²) in [6, 6.07) is 3.84. The van der Waals surface area contributed by atoms with Crippen LogP contribution in [0.4, 0.5) is 0 Å². The number of fused-ring (bicyclic) bond motifs is 1. The van der Waals surface area contributed by atoms with Crippen LogP contribution in [0.2, 0.25) is 0 Å². The first-order chi connectivity index (χ1) is 10.2. The molecular weight excluding hydrogens is 268 g/mol. The molecular formula is C17H22O4. The first-order valence-electron chi connectivity index (χ1n) is 7.84. The summed E-state index contributed by atoms with van der Waals surface area (Å²) in [6.07, 6.45) is 5.01. The van der Waals surface area contributed by atoms with Crippen LogP contribution >= 0.6 is 0 Å². The van der Waals surface area contributed by atoms with Crippen LogP contribution in [0.1, 0.15) is 50.2 Å². The molecule has 4 heteroatoms. The van der Waals surface area contributed by atoms with Gasteiger partial charge in [0.1, 0.15) is 0 Å². The van der Waals surface area contributed by atoms with E-state index >= 15 is 0 Å². The molecule has 0 aromatic heterocycles. The monoisotopic (exact) mass is 290 g/mol. The highest BCUT2D eigenvalue weighted by Gasteiger charge is 2.44. The van der Waals surface area contributed by atoms with Crippen molar-refractivity contribution in [2.24, 2.45) is 0 Å². The number of benzene rings is 1. The molecule has 0 saturated heterocycles. The highest BCUT2D eigenvalue weighted by molar-refractivity contribution is 5.83. The predicted octanol–water partition coefficient (Wildman–Crippen LogP) is 3.31. The smallest absolute Gasteiger partial charge is 0.314 e. The molecule has 21 heavy (non-hydrogen) atoms. The molecule has 0 bridgehead atoms. The zero-order valence-corrected chi connectivity index (χ0v) is 12.5. The van der Waals surface area contributed by atoms with Crippen molar-refractivity contribution in [1.29, 1.82) is 0 Å². The number of hydrogen-bond donors (Lipinski definition) is 1. The van der Waals surface area contributed by atoms with Crippen LogP contribution in [0.5, 0.6) is 11.5 Å². The van der Waals surface area contributed by atoms with E-state index in [2.05, 4.69) is 6.92 Å². The van der Waals surface area contributed by atoms with Crippen LogP contribution in [-0.2, 0) is 16.6 Å². The summed E-state index contributed by atoms with van der Waals surface area (Å²) >= 11 is 0. The lowest BCUT2D eigenvalue weighted by Gasteiger charge is -2.28. The van der Waals surface area contributed by atoms with Crippen molar-refractivity contribution in [1.82, 2.24) is 0 Å². The van der Waals surface area contributed by atoms with Gasteiger partial charge >= 0.3 is 5.97 Å². The van der Waals surface area contributed by atoms with E-state index in [1.807, 2.05) is 12.1 Å². The molecule has 0 atom stereocenters. The average Bonchev–Trinajstić information content (AvgIpc) is 2.86. The molecule has 1 aliphatic carbocycles. The van der Waals surface area contributed by atoms with Gasteiger partial charge in [-0.15, -0.1) is 0 Å². The highest BCUT2D eigenvalue weighted by Crippen LogP contribution is 2.47. The third-order valence-electron chi connectivity index (χ3n) is 4.75. The predicted molar refractivity (Wildman–Crippen MR) is 79.2 cm³/mol. The van der Waals surface area contributed by atoms with Crippen molar-refractivity contribution >= 4 is 5.97 Å². The Hall–Kier alpha value is -1.71. The summed E-state index contributed by atoms with van der Waals surface area (Å²) in [6.45, 7) is 3.33. The van der Waals surface area contributed by atoms with E-state index in [9.17, 15) is 9.90 Å². The number of carboxylic acid groups (broad SMARTS) is 1. The van der Waals surface area contributed by atoms with Crippen molar-refractivity contribution in [3.63, 3.8) is 0 Å². The Labute approximate surface area is 125 Å². The van der Waals surface area contributed by atoms with Crippen LogP contribution in [0, 0.1) is 0 Å². The molecule has 0 spiro atoms. The number of aliphatic carboxylic acids is 1. The van der Waals surface area contributed by atoms with Gasteiger partial charge in [0.25, 0.3) is 0 Å². The molecule has 1 heterocycles. The van der Waals surface area contributed by atoms with Crippen molar-refractivity contribution < 1.29 is 19.4 Å². The summed E-state index contributed by atoms with van der Waals surface area (Å²) < 4.78 is 11.6. The van der Waals surface area contributed by atoms with Gasteiger partial charge in [0.2, 0.25) is 0 Å². The molecule has 1 fully saturated rings. The van der Waals surface area contributed by atoms with E-state index in [0.29, 0.717) is 13.2 Å². The van der Waals surface area contributed by atoms with Crippen molar-refractivity contribution in [2.75, 3.05) is 13.2 Å². The van der Waals surface area contributed by atoms with Crippen LogP contribution in [0.3, 0.4) is 0 Å². The lowest BCUT2D eigenvalue weighted by molar-refractivity contribution is -0.143. The molecule has 1 aromatic rings. The minimum Gasteiger partial charge on any atom is -0.490 e. The SMILES string of the molecule is CCc1c(C2(C(=O)O)CCCC2)ccc2c1OCCCO2. The summed E-state index contributed by atoms with van der Waals surface area (Å²) in [4.78, 5) is 12.0. The average molecular weight is 290 g/mol. The maximum absolute atomic E-state index is 12.0. The molecule has 1 aliphatic heterocycles. The third kappa shape index (κ3) is 2.27. The molecule has 0 radical (unpaired) electrons. The van der Waals surface area contributed by atoms with E-state index in [-0.39, 0.29) is 0 Å². The molecule has 0 unspecified atom stereocenters. The Bertz CT molecular complexity index is 544. The van der Waals surface area contributed by atoms with Gasteiger partial charge in [-0.3, -0.25) is 4.79 Å². The molecule has 4 nitrogen and oxygen atoms in total. The highest BCUT2D eigenvalue weighted by atomic mass is 16.5. The number of ether oxygens (including phenoxy) is 2. The maximum Gasteiger partial charge on any atom is 0.314 e. The van der Waals surface area contributed by atoms with Crippen LogP contribution in [0.25, 0.3) is 0 Å². The Morgan fingerprint density at radius 3 is 2.57 bits per heavy atom. The molecule has 1 N–H and O–H groups in total. The van der Waals surface area contributed by atoms with Gasteiger partial charge in [0.05, 0.1) is 18.6 Å². The second-order valence-corrected chi connectivity index (χ2v) is 5.92. The van der Waals surface area contributed by atoms with Crippen molar-refractivity contribution in [3.05, 3.63) is 23.3 Å². The lowest BCUT2D eigenvalue weighted by atomic mass is 9.76. The van der Waals surface area contributed by atoms with Gasteiger partial charge in [-0.2, -0.15) is 0 Å². The fourth-order valence-corrected chi connectivity index (χ4v) is 3.67. The normalized spacial score (nSPS) is 20.0. The van der Waals surface area contributed by atoms with Crippen LogP contribution in [-0.4, -0.2) is 24.3 Å². The van der Waals surface area contributed by atoms with Gasteiger partial charge < -0.3 is 14.6 Å². The van der Waals surface area contributed by atoms with Gasteiger partial charge in [0, 0.05) is 12.0 Å². The number of carboxylic acids is 1. The number of carbonyl (C=O) groups is 1. The van der Waals surface area contributed by atoms with Gasteiger partial charge in [-0.1, -0.05) is 25.8 Å². The second kappa shape index (κ2) is 5.58. The van der Waals surface area contributed by atoms with Crippen LogP contribution in [0.15, 0.2) is 12.1 Å². The molecule has 114 valence electrons. The van der Waals surface area contributed by atoms with Gasteiger partial charge in [0.15, 0.2) is 11.5 Å². The van der Waals surface area contributed by atoms with Crippen LogP contribution < -0.4 is 9.47 Å². The van der Waals surface area contributed by atoms with E-state index in [0.717, 1.165) is 61.2 Å². The van der Waals surface area contributed by atoms with Crippen molar-refractivity contribution in [2.45, 2.75) is 50.9 Å². The standard InChI is InChI=1S/C17H22O4/c1-2-12-13(17(16(18)19)8-3-4-9-17)6-7-14-15(12)21-11-5-10-20-14/h6-7H,2-5,8-11H2,1H3,(H,18,19). The molecule has 0 amide bonds. The summed E-state index contributed by atoms with van der Waals surface area (Å²) in [5, 5.41) is 9.82. The quantitative estimate of drug-likeness (QED) is 0.928. The number of rotatable bonds is 3. The molecule has 1 aromatic carbocycles. The fraction of sp³-hybridized carbons (Fsp3) is 0.588. The molecule has 3 rings (SSSR count). The Kier molecular flexibility index (Phi) is 3.79. The first-order valence-corrected chi connectivity index (χ1v) is 7.84. The van der Waals surface area contributed by atoms with Crippen molar-refractivity contribution in [3.8, 4) is 11.5 Å². The topological polar surface area (TPSA) is 55.8 Å². The fourth-order valence-electron chi connectivity index (χ4n) is 3.67. The minimum atomic E-state index is -0.740. The van der Waals surface area contributed by atoms with E-state index in [4.69, 9.17) is 9.47 Å². The lowest BCUT2D eigenvalue weighted by Crippen LogP contribution is -2.33. The summed E-state index contributed by atoms with van der Waals surface area (Å²) in [7, 11) is 0. The van der Waals surface area contributed by atoms with Gasteiger partial charge in [-0.25, -0.2) is 0 Å². The van der Waals surface area contributed by atoms with E-state index in [1.54, 1.807) is 0 Å². The molecule has 1 saturated carbocycles. The largest absolute Gasteiger partial charge is 0.490 e. The zero-order chi connectivity index (χ0) is 14.9. The zero-order valence-electron chi connectivity index (χ0n) is 12.5. The summed E-state index contributed by atoms with van der Waals surface area (Å²) in [5.41, 5.74) is 1.20. The number of hydrogen-bond acceptors (Lipinski definition) is 3. The Morgan fingerprint density at radius 2 is 1.90 bits per heavy atom. The second-order valence-electron chi connectivity index (χ2n) is 5.92. The minimum absolute atomic E-state index is 0.628. The first kappa shape index (κ1) is 14.2. The van der Waals surface area contributed by atoms with E-state index in [1.165, 1.54) is 0 Å². The maximum atomic E-state index is 12.0. The Morgan fingerprint density at radius 1 is 1.19 bits per heavy atom. The molecule has 2 aliphatic rings. The third-order valence-corrected chi connectivity index (χ3v) is 4.75. The Balaban J connectivity index is 2.14. The van der Waals surface area contributed by atoms with E-state index < -0.39 is 11.4 Å². The summed E-state index contributed by atoms with van der Waals surface area (Å²) in [5.74, 6) is 0.816.